The quantitative estimate of drug-likeness (QED) is 0.557. The smallest absolute Gasteiger partial charge is 0.407 e. The maximum Gasteiger partial charge on any atom is 0.407 e. The molecule has 0 aliphatic carbocycles. The number of nitrogens with one attached hydrogen (secondary N) is 1. The highest BCUT2D eigenvalue weighted by Crippen LogP contribution is 2.06. The molecule has 0 fully saturated rings. The van der Waals surface area contributed by atoms with E-state index < -0.39 is 5.60 Å². The lowest BCUT2D eigenvalue weighted by molar-refractivity contribution is 0.0527. The Morgan fingerprint density at radius 1 is 1.25 bits per heavy atom. The van der Waals surface area contributed by atoms with Crippen LogP contribution >= 0.6 is 0 Å². The number of ether oxygens (including phenoxy) is 1. The first kappa shape index (κ1) is 14.8. The van der Waals surface area contributed by atoms with Crippen LogP contribution < -0.4 is 5.32 Å². The van der Waals surface area contributed by atoms with Crippen molar-refractivity contribution in [2.75, 3.05) is 6.54 Å². The van der Waals surface area contributed by atoms with Gasteiger partial charge < -0.3 is 10.1 Å². The van der Waals surface area contributed by atoms with Crippen LogP contribution in [0.25, 0.3) is 0 Å². The Hall–Kier alpha value is -1.17. The molecular weight excluding hydrogens is 202 g/mol. The highest BCUT2D eigenvalue weighted by molar-refractivity contribution is 5.67. The molecular formula is C13H23NO2. The maximum absolute atomic E-state index is 11.2. The molecule has 3 nitrogen and oxygen atoms in total. The van der Waals surface area contributed by atoms with E-state index in [9.17, 15) is 4.79 Å². The van der Waals surface area contributed by atoms with E-state index in [2.05, 4.69) is 11.2 Å². The predicted octanol–water partition coefficient (Wildman–Crippen LogP) is 3.09. The standard InChI is InChI=1S/C13H23NO2/c1-5-6-7-8-9-10-11-14-12(15)16-13(2,3)4/h1H,6-11H2,2-4H3,(H,14,15). The average molecular weight is 225 g/mol. The van der Waals surface area contributed by atoms with Gasteiger partial charge in [-0.3, -0.25) is 0 Å². The molecule has 16 heavy (non-hydrogen) atoms. The molecule has 0 radical (unpaired) electrons. The van der Waals surface area contributed by atoms with Crippen LogP contribution in [0.2, 0.25) is 0 Å². The Morgan fingerprint density at radius 3 is 2.44 bits per heavy atom. The topological polar surface area (TPSA) is 38.3 Å². The minimum atomic E-state index is -0.420. The highest BCUT2D eigenvalue weighted by Gasteiger charge is 2.15. The van der Waals surface area contributed by atoms with Crippen molar-refractivity contribution in [3.63, 3.8) is 0 Å². The normalized spacial score (nSPS) is 10.6. The molecule has 92 valence electrons. The van der Waals surface area contributed by atoms with Crippen LogP contribution in [0.15, 0.2) is 0 Å². The van der Waals surface area contributed by atoms with Crippen molar-refractivity contribution in [1.82, 2.24) is 5.32 Å². The number of unbranched alkanes of at least 4 members (excludes halogenated alkanes) is 4. The molecule has 3 heteroatoms. The van der Waals surface area contributed by atoms with Crippen molar-refractivity contribution >= 4 is 6.09 Å². The van der Waals surface area contributed by atoms with Gasteiger partial charge in [-0.05, 0) is 33.6 Å². The number of carbonyl (C=O) groups is 1. The van der Waals surface area contributed by atoms with Gasteiger partial charge in [0.25, 0.3) is 0 Å². The summed E-state index contributed by atoms with van der Waals surface area (Å²) in [5, 5.41) is 2.73. The van der Waals surface area contributed by atoms with Crippen LogP contribution in [0.3, 0.4) is 0 Å². The summed E-state index contributed by atoms with van der Waals surface area (Å²) in [6.07, 6.45) is 9.92. The fraction of sp³-hybridized carbons (Fsp3) is 0.769. The molecule has 0 atom stereocenters. The average Bonchev–Trinajstić information content (AvgIpc) is 2.13. The summed E-state index contributed by atoms with van der Waals surface area (Å²) in [5.74, 6) is 2.61. The summed E-state index contributed by atoms with van der Waals surface area (Å²) in [5.41, 5.74) is -0.420. The lowest BCUT2D eigenvalue weighted by Crippen LogP contribution is -2.32. The summed E-state index contributed by atoms with van der Waals surface area (Å²) in [6, 6.07) is 0. The van der Waals surface area contributed by atoms with E-state index in [4.69, 9.17) is 11.2 Å². The zero-order valence-electron chi connectivity index (χ0n) is 10.6. The first-order valence-electron chi connectivity index (χ1n) is 5.86. The zero-order valence-corrected chi connectivity index (χ0v) is 10.6. The second kappa shape index (κ2) is 8.04. The van der Waals surface area contributed by atoms with E-state index in [0.29, 0.717) is 6.54 Å². The highest BCUT2D eigenvalue weighted by atomic mass is 16.6. The molecule has 0 aliphatic heterocycles. The van der Waals surface area contributed by atoms with E-state index >= 15 is 0 Å². The maximum atomic E-state index is 11.2. The molecule has 0 heterocycles. The first-order chi connectivity index (χ1) is 7.45. The summed E-state index contributed by atoms with van der Waals surface area (Å²) >= 11 is 0. The van der Waals surface area contributed by atoms with Crippen molar-refractivity contribution in [2.45, 2.75) is 58.5 Å². The van der Waals surface area contributed by atoms with Crippen molar-refractivity contribution < 1.29 is 9.53 Å². The number of amides is 1. The third-order valence-electron chi connectivity index (χ3n) is 1.92. The van der Waals surface area contributed by atoms with Gasteiger partial charge in [0.1, 0.15) is 5.60 Å². The van der Waals surface area contributed by atoms with Crippen LogP contribution in [0.1, 0.15) is 52.9 Å². The second-order valence-corrected chi connectivity index (χ2v) is 4.80. The van der Waals surface area contributed by atoms with Gasteiger partial charge in [0.05, 0.1) is 0 Å². The van der Waals surface area contributed by atoms with Gasteiger partial charge >= 0.3 is 6.09 Å². The molecule has 0 rings (SSSR count). The van der Waals surface area contributed by atoms with E-state index in [1.807, 2.05) is 20.8 Å². The van der Waals surface area contributed by atoms with Gasteiger partial charge in [0.2, 0.25) is 0 Å². The Labute approximate surface area is 98.9 Å². The number of alkyl carbamates (subject to hydrolysis) is 1. The number of hydrogen-bond donors (Lipinski definition) is 1. The Bertz CT molecular complexity index is 235. The monoisotopic (exact) mass is 225 g/mol. The molecule has 0 saturated heterocycles. The fourth-order valence-electron chi connectivity index (χ4n) is 1.21. The minimum absolute atomic E-state index is 0.337. The van der Waals surface area contributed by atoms with Gasteiger partial charge in [-0.1, -0.05) is 12.8 Å². The fourth-order valence-corrected chi connectivity index (χ4v) is 1.21. The zero-order chi connectivity index (χ0) is 12.4. The van der Waals surface area contributed by atoms with Gasteiger partial charge in [-0.25, -0.2) is 4.79 Å². The van der Waals surface area contributed by atoms with E-state index in [1.54, 1.807) is 0 Å². The molecule has 0 aromatic heterocycles. The van der Waals surface area contributed by atoms with Gasteiger partial charge in [0.15, 0.2) is 0 Å². The van der Waals surface area contributed by atoms with E-state index in [1.165, 1.54) is 0 Å². The molecule has 0 aromatic carbocycles. The largest absolute Gasteiger partial charge is 0.444 e. The van der Waals surface area contributed by atoms with Crippen LogP contribution in [-0.2, 0) is 4.74 Å². The molecule has 0 saturated carbocycles. The van der Waals surface area contributed by atoms with E-state index in [-0.39, 0.29) is 6.09 Å². The van der Waals surface area contributed by atoms with Crippen LogP contribution in [0.4, 0.5) is 4.79 Å². The summed E-state index contributed by atoms with van der Waals surface area (Å²) in [7, 11) is 0. The van der Waals surface area contributed by atoms with Crippen molar-refractivity contribution in [2.24, 2.45) is 0 Å². The molecule has 1 N–H and O–H groups in total. The number of carbonyl (C=O) groups excluding carboxylic acids is 1. The first-order valence-corrected chi connectivity index (χ1v) is 5.86. The third-order valence-corrected chi connectivity index (χ3v) is 1.92. The summed E-state index contributed by atoms with van der Waals surface area (Å²) < 4.78 is 5.11. The molecule has 1 amide bonds. The van der Waals surface area contributed by atoms with Gasteiger partial charge in [-0.15, -0.1) is 12.3 Å². The van der Waals surface area contributed by atoms with Gasteiger partial charge in [0, 0.05) is 13.0 Å². The molecule has 0 aromatic rings. The minimum Gasteiger partial charge on any atom is -0.444 e. The Kier molecular flexibility index (Phi) is 7.45. The number of rotatable bonds is 6. The molecule has 0 aliphatic rings. The van der Waals surface area contributed by atoms with Crippen LogP contribution in [0.5, 0.6) is 0 Å². The van der Waals surface area contributed by atoms with Crippen molar-refractivity contribution in [1.29, 1.82) is 0 Å². The summed E-state index contributed by atoms with van der Waals surface area (Å²) in [4.78, 5) is 11.2. The molecule has 0 bridgehead atoms. The van der Waals surface area contributed by atoms with E-state index in [0.717, 1.165) is 32.1 Å². The number of terminal acetylenes is 1. The molecule has 0 unspecified atom stereocenters. The van der Waals surface area contributed by atoms with Gasteiger partial charge in [-0.2, -0.15) is 0 Å². The lowest BCUT2D eigenvalue weighted by atomic mass is 10.1. The Balaban J connectivity index is 3.32. The van der Waals surface area contributed by atoms with Crippen molar-refractivity contribution in [3.8, 4) is 12.3 Å². The predicted molar refractivity (Wildman–Crippen MR) is 66.2 cm³/mol. The van der Waals surface area contributed by atoms with Crippen LogP contribution in [-0.4, -0.2) is 18.2 Å². The summed E-state index contributed by atoms with van der Waals surface area (Å²) in [6.45, 7) is 6.23. The van der Waals surface area contributed by atoms with Crippen LogP contribution in [0, 0.1) is 12.3 Å². The Morgan fingerprint density at radius 2 is 1.88 bits per heavy atom. The SMILES string of the molecule is C#CCCCCCCNC(=O)OC(C)(C)C. The number of hydrogen-bond acceptors (Lipinski definition) is 2. The second-order valence-electron chi connectivity index (χ2n) is 4.80. The third kappa shape index (κ3) is 10.9. The lowest BCUT2D eigenvalue weighted by Gasteiger charge is -2.19. The van der Waals surface area contributed by atoms with Crippen molar-refractivity contribution in [3.05, 3.63) is 0 Å². The molecule has 0 spiro atoms.